The number of hydrogen-bond acceptors (Lipinski definition) is 1. The lowest BCUT2D eigenvalue weighted by Crippen LogP contribution is -1.73. The van der Waals surface area contributed by atoms with Crippen LogP contribution in [0, 0.1) is 0 Å². The van der Waals surface area contributed by atoms with Crippen LogP contribution in [-0.4, -0.2) is 6.29 Å². The first kappa shape index (κ1) is 8.02. The van der Waals surface area contributed by atoms with Crippen molar-refractivity contribution in [3.05, 3.63) is 40.9 Å². The Bertz CT molecular complexity index is 264. The van der Waals surface area contributed by atoms with Crippen molar-refractivity contribution in [1.29, 1.82) is 0 Å². The van der Waals surface area contributed by atoms with Gasteiger partial charge in [0.2, 0.25) is 0 Å². The van der Waals surface area contributed by atoms with Crippen molar-refractivity contribution in [2.75, 3.05) is 0 Å². The third-order valence-corrected chi connectivity index (χ3v) is 1.41. The van der Waals surface area contributed by atoms with E-state index in [0.29, 0.717) is 6.29 Å². The van der Waals surface area contributed by atoms with E-state index in [0.717, 1.165) is 5.56 Å². The number of rotatable bonds is 2. The van der Waals surface area contributed by atoms with Gasteiger partial charge in [-0.15, -0.1) is 0 Å². The number of allylic oxidation sites excluding steroid dienone is 1. The molecule has 0 N–H and O–H groups in total. The Morgan fingerprint density at radius 2 is 1.91 bits per heavy atom. The van der Waals surface area contributed by atoms with Gasteiger partial charge in [-0.3, -0.25) is 4.79 Å². The van der Waals surface area contributed by atoms with E-state index in [1.165, 1.54) is 0 Å². The van der Waals surface area contributed by atoms with Crippen molar-refractivity contribution in [1.82, 2.24) is 0 Å². The summed E-state index contributed by atoms with van der Waals surface area (Å²) in [4.78, 5) is 10.1. The Balaban J connectivity index is 2.87. The molecule has 0 aliphatic carbocycles. The zero-order valence-electron chi connectivity index (χ0n) is 5.83. The highest BCUT2D eigenvalue weighted by atomic mass is 35.5. The van der Waals surface area contributed by atoms with E-state index in [1.807, 2.05) is 30.3 Å². The second-order valence-electron chi connectivity index (χ2n) is 2.06. The van der Waals surface area contributed by atoms with Crippen molar-refractivity contribution >= 4 is 24.0 Å². The highest BCUT2D eigenvalue weighted by molar-refractivity contribution is 6.40. The third-order valence-electron chi connectivity index (χ3n) is 1.22. The van der Waals surface area contributed by atoms with Gasteiger partial charge in [-0.2, -0.15) is 0 Å². The number of carbonyl (C=O) groups is 1. The molecular weight excluding hydrogens is 160 g/mol. The van der Waals surface area contributed by atoms with Crippen molar-refractivity contribution in [2.45, 2.75) is 0 Å². The van der Waals surface area contributed by atoms with E-state index in [-0.39, 0.29) is 5.03 Å². The standard InChI is InChI=1S/C9H7ClO/c10-9(7-11)6-8-4-2-1-3-5-8/h1-7H/b9-6-. The SMILES string of the molecule is O=C/C(Cl)=C/c1ccccc1. The Morgan fingerprint density at radius 3 is 2.45 bits per heavy atom. The van der Waals surface area contributed by atoms with Gasteiger partial charge < -0.3 is 0 Å². The maximum Gasteiger partial charge on any atom is 0.161 e. The van der Waals surface area contributed by atoms with Crippen LogP contribution in [0.3, 0.4) is 0 Å². The summed E-state index contributed by atoms with van der Waals surface area (Å²) in [5, 5.41) is 0.219. The summed E-state index contributed by atoms with van der Waals surface area (Å²) in [5.74, 6) is 0. The molecule has 11 heavy (non-hydrogen) atoms. The summed E-state index contributed by atoms with van der Waals surface area (Å²) in [6, 6.07) is 9.45. The molecule has 0 aromatic heterocycles. The number of benzene rings is 1. The molecule has 0 aliphatic rings. The smallest absolute Gasteiger partial charge is 0.161 e. The van der Waals surface area contributed by atoms with Crippen molar-refractivity contribution in [2.24, 2.45) is 0 Å². The normalized spacial score (nSPS) is 11.2. The topological polar surface area (TPSA) is 17.1 Å². The van der Waals surface area contributed by atoms with Crippen LogP contribution in [-0.2, 0) is 4.79 Å². The Hall–Kier alpha value is -1.08. The summed E-state index contributed by atoms with van der Waals surface area (Å²) >= 11 is 5.49. The maximum absolute atomic E-state index is 10.1. The van der Waals surface area contributed by atoms with E-state index < -0.39 is 0 Å². The lowest BCUT2D eigenvalue weighted by Gasteiger charge is -1.89. The Labute approximate surface area is 70.3 Å². The molecule has 1 aromatic rings. The average Bonchev–Trinajstić information content (AvgIpc) is 2.06. The molecule has 0 aliphatic heterocycles. The van der Waals surface area contributed by atoms with Gasteiger partial charge in [0.25, 0.3) is 0 Å². The number of carbonyl (C=O) groups excluding carboxylic acids is 1. The fourth-order valence-electron chi connectivity index (χ4n) is 0.743. The molecule has 0 unspecified atom stereocenters. The number of hydrogen-bond donors (Lipinski definition) is 0. The van der Waals surface area contributed by atoms with Crippen molar-refractivity contribution in [3.8, 4) is 0 Å². The first-order valence-corrected chi connectivity index (χ1v) is 3.58. The molecule has 0 amide bonds. The van der Waals surface area contributed by atoms with Crippen LogP contribution in [0.4, 0.5) is 0 Å². The quantitative estimate of drug-likeness (QED) is 0.487. The molecular formula is C9H7ClO. The summed E-state index contributed by atoms with van der Waals surface area (Å²) in [6.07, 6.45) is 2.24. The molecule has 1 aromatic carbocycles. The zero-order valence-corrected chi connectivity index (χ0v) is 6.58. The summed E-state index contributed by atoms with van der Waals surface area (Å²) in [6.45, 7) is 0. The molecule has 2 heteroatoms. The number of halogens is 1. The first-order chi connectivity index (χ1) is 5.33. The van der Waals surface area contributed by atoms with Gasteiger partial charge in [0.15, 0.2) is 6.29 Å². The molecule has 56 valence electrons. The predicted molar refractivity (Wildman–Crippen MR) is 46.3 cm³/mol. The molecule has 0 saturated heterocycles. The van der Waals surface area contributed by atoms with E-state index in [4.69, 9.17) is 11.6 Å². The molecule has 0 bridgehead atoms. The van der Waals surface area contributed by atoms with Gasteiger partial charge in [-0.1, -0.05) is 41.9 Å². The minimum Gasteiger partial charge on any atom is -0.297 e. The number of aldehydes is 1. The monoisotopic (exact) mass is 166 g/mol. The highest BCUT2D eigenvalue weighted by Gasteiger charge is 1.88. The summed E-state index contributed by atoms with van der Waals surface area (Å²) in [5.41, 5.74) is 0.935. The lowest BCUT2D eigenvalue weighted by molar-refractivity contribution is -0.104. The van der Waals surface area contributed by atoms with Gasteiger partial charge in [-0.25, -0.2) is 0 Å². The van der Waals surface area contributed by atoms with E-state index in [9.17, 15) is 4.79 Å². The molecule has 0 heterocycles. The van der Waals surface area contributed by atoms with Gasteiger partial charge in [0.05, 0.1) is 5.03 Å². The van der Waals surface area contributed by atoms with Gasteiger partial charge in [0.1, 0.15) is 0 Å². The Morgan fingerprint density at radius 1 is 1.27 bits per heavy atom. The van der Waals surface area contributed by atoms with Crippen molar-refractivity contribution < 1.29 is 4.79 Å². The van der Waals surface area contributed by atoms with E-state index >= 15 is 0 Å². The third kappa shape index (κ3) is 2.56. The first-order valence-electron chi connectivity index (χ1n) is 3.20. The summed E-state index contributed by atoms with van der Waals surface area (Å²) in [7, 11) is 0. The largest absolute Gasteiger partial charge is 0.297 e. The molecule has 0 radical (unpaired) electrons. The molecule has 0 atom stereocenters. The van der Waals surface area contributed by atoms with Gasteiger partial charge >= 0.3 is 0 Å². The van der Waals surface area contributed by atoms with Gasteiger partial charge in [0, 0.05) is 0 Å². The molecule has 0 saturated carbocycles. The summed E-state index contributed by atoms with van der Waals surface area (Å²) < 4.78 is 0. The van der Waals surface area contributed by atoms with E-state index in [2.05, 4.69) is 0 Å². The lowest BCUT2D eigenvalue weighted by atomic mass is 10.2. The fraction of sp³-hybridized carbons (Fsp3) is 0. The van der Waals surface area contributed by atoms with Crippen molar-refractivity contribution in [3.63, 3.8) is 0 Å². The zero-order chi connectivity index (χ0) is 8.10. The van der Waals surface area contributed by atoms with Crippen LogP contribution in [0.25, 0.3) is 6.08 Å². The predicted octanol–water partition coefficient (Wildman–Crippen LogP) is 2.47. The second kappa shape index (κ2) is 3.94. The van der Waals surface area contributed by atoms with Crippen LogP contribution >= 0.6 is 11.6 Å². The van der Waals surface area contributed by atoms with Crippen LogP contribution in [0.1, 0.15) is 5.56 Å². The molecule has 0 spiro atoms. The molecule has 1 nitrogen and oxygen atoms in total. The van der Waals surface area contributed by atoms with Gasteiger partial charge in [-0.05, 0) is 11.6 Å². The Kier molecular flexibility index (Phi) is 2.87. The minimum absolute atomic E-state index is 0.219. The van der Waals surface area contributed by atoms with Crippen LogP contribution in [0.15, 0.2) is 35.4 Å². The fourth-order valence-corrected chi connectivity index (χ4v) is 0.868. The van der Waals surface area contributed by atoms with E-state index in [1.54, 1.807) is 6.08 Å². The second-order valence-corrected chi connectivity index (χ2v) is 2.49. The van der Waals surface area contributed by atoms with Crippen LogP contribution < -0.4 is 0 Å². The minimum atomic E-state index is 0.219. The molecule has 0 fully saturated rings. The van der Waals surface area contributed by atoms with Crippen LogP contribution in [0.5, 0.6) is 0 Å². The van der Waals surface area contributed by atoms with Crippen LogP contribution in [0.2, 0.25) is 0 Å². The molecule has 1 rings (SSSR count). The highest BCUT2D eigenvalue weighted by Crippen LogP contribution is 2.06. The average molecular weight is 167 g/mol. The maximum atomic E-state index is 10.1.